The number of amides is 2. The van der Waals surface area contributed by atoms with Crippen LogP contribution in [0.15, 0.2) is 87.6 Å². The van der Waals surface area contributed by atoms with E-state index < -0.39 is 5.91 Å². The lowest BCUT2D eigenvalue weighted by molar-refractivity contribution is -0.133. The first-order valence-corrected chi connectivity index (χ1v) is 16.8. The molecule has 2 aliphatic rings. The maximum atomic E-state index is 13.5. The maximum Gasteiger partial charge on any atom is 0.287 e. The summed E-state index contributed by atoms with van der Waals surface area (Å²) in [5.41, 5.74) is 7.14. The largest absolute Gasteiger partial charge is 0.451 e. The first-order chi connectivity index (χ1) is 22.2. The molecule has 2 amide bonds. The van der Waals surface area contributed by atoms with Gasteiger partial charge in [0.05, 0.1) is 11.4 Å². The second kappa shape index (κ2) is 14.1. The van der Waals surface area contributed by atoms with Gasteiger partial charge in [-0.1, -0.05) is 59.6 Å². The summed E-state index contributed by atoms with van der Waals surface area (Å²) in [4.78, 5) is 41.0. The van der Waals surface area contributed by atoms with Gasteiger partial charge in [0.25, 0.3) is 5.91 Å². The molecular formula is C39H41ClN2O4. The summed E-state index contributed by atoms with van der Waals surface area (Å²) in [6.07, 6.45) is 9.37. The molecule has 2 heterocycles. The number of hydrogen-bond acceptors (Lipinski definition) is 4. The molecule has 0 unspecified atom stereocenters. The third kappa shape index (κ3) is 7.45. The van der Waals surface area contributed by atoms with Crippen LogP contribution >= 0.6 is 11.6 Å². The molecule has 1 saturated heterocycles. The summed E-state index contributed by atoms with van der Waals surface area (Å²) >= 11 is 6.15. The molecule has 0 radical (unpaired) electrons. The molecule has 6 nitrogen and oxygen atoms in total. The number of allylic oxidation sites excluding steroid dienone is 1. The Morgan fingerprint density at radius 2 is 1.72 bits per heavy atom. The van der Waals surface area contributed by atoms with Gasteiger partial charge in [0.1, 0.15) is 5.58 Å². The predicted octanol–water partition coefficient (Wildman–Crippen LogP) is 8.20. The van der Waals surface area contributed by atoms with Crippen molar-refractivity contribution in [2.75, 3.05) is 6.54 Å². The van der Waals surface area contributed by atoms with E-state index in [4.69, 9.17) is 16.0 Å². The Morgan fingerprint density at radius 1 is 0.978 bits per heavy atom. The van der Waals surface area contributed by atoms with Crippen LogP contribution in [0.1, 0.15) is 89.2 Å². The fraction of sp³-hybridized carbons (Fsp3) is 0.359. The van der Waals surface area contributed by atoms with Crippen LogP contribution in [0, 0.1) is 13.8 Å². The molecule has 1 atom stereocenters. The van der Waals surface area contributed by atoms with Crippen molar-refractivity contribution in [3.8, 4) is 0 Å². The molecule has 3 aromatic carbocycles. The number of rotatable bonds is 8. The Labute approximate surface area is 275 Å². The lowest BCUT2D eigenvalue weighted by atomic mass is 9.79. The molecule has 0 spiro atoms. The lowest BCUT2D eigenvalue weighted by Gasteiger charge is -2.31. The van der Waals surface area contributed by atoms with Crippen molar-refractivity contribution in [1.29, 1.82) is 0 Å². The number of halogens is 1. The smallest absolute Gasteiger partial charge is 0.287 e. The van der Waals surface area contributed by atoms with Gasteiger partial charge < -0.3 is 14.6 Å². The minimum absolute atomic E-state index is 0.00719. The average molecular weight is 637 g/mol. The molecule has 46 heavy (non-hydrogen) atoms. The van der Waals surface area contributed by atoms with E-state index in [1.165, 1.54) is 22.8 Å². The second-order valence-corrected chi connectivity index (χ2v) is 13.3. The fourth-order valence-electron chi connectivity index (χ4n) is 6.85. The van der Waals surface area contributed by atoms with Crippen LogP contribution in [-0.2, 0) is 17.8 Å². The summed E-state index contributed by atoms with van der Waals surface area (Å²) in [5.74, 6) is 0.282. The highest BCUT2D eigenvalue weighted by Gasteiger charge is 2.25. The Morgan fingerprint density at radius 3 is 2.48 bits per heavy atom. The van der Waals surface area contributed by atoms with Gasteiger partial charge >= 0.3 is 0 Å². The van der Waals surface area contributed by atoms with Gasteiger partial charge in [0, 0.05) is 30.6 Å². The highest BCUT2D eigenvalue weighted by molar-refractivity contribution is 6.30. The number of nitrogens with one attached hydrogen (secondary N) is 1. The summed E-state index contributed by atoms with van der Waals surface area (Å²) in [7, 11) is 0. The Kier molecular flexibility index (Phi) is 9.74. The first kappa shape index (κ1) is 31.8. The van der Waals surface area contributed by atoms with E-state index in [0.717, 1.165) is 61.8 Å². The highest BCUT2D eigenvalue weighted by Crippen LogP contribution is 2.37. The van der Waals surface area contributed by atoms with Crippen molar-refractivity contribution in [1.82, 2.24) is 10.2 Å². The van der Waals surface area contributed by atoms with Gasteiger partial charge in [-0.05, 0) is 117 Å². The average Bonchev–Trinajstić information content (AvgIpc) is 3.05. The van der Waals surface area contributed by atoms with Crippen LogP contribution in [0.25, 0.3) is 11.0 Å². The molecule has 238 valence electrons. The third-order valence-corrected chi connectivity index (χ3v) is 9.85. The molecule has 1 aliphatic carbocycles. The van der Waals surface area contributed by atoms with Gasteiger partial charge in [-0.15, -0.1) is 0 Å². The van der Waals surface area contributed by atoms with Gasteiger partial charge in [-0.3, -0.25) is 14.4 Å². The Bertz CT molecular complexity index is 1830. The van der Waals surface area contributed by atoms with Crippen molar-refractivity contribution in [2.45, 2.75) is 83.7 Å². The Balaban J connectivity index is 1.19. The number of carbonyl (C=O) groups excluding carboxylic acids is 2. The number of benzene rings is 3. The van der Waals surface area contributed by atoms with E-state index in [-0.39, 0.29) is 23.1 Å². The summed E-state index contributed by atoms with van der Waals surface area (Å²) in [6, 6.07) is 20.9. The molecule has 4 aromatic rings. The SMILES string of the molecule is Cc1cc2oc(C(=O)N[C@H](C=C3CCC(c4ccccc4CN4CCCCC4=O)CC3)Cc3ccc(Cl)cc3)cc(=O)c2cc1C. The summed E-state index contributed by atoms with van der Waals surface area (Å²) in [5, 5.41) is 4.28. The van der Waals surface area contributed by atoms with Crippen LogP contribution in [0.3, 0.4) is 0 Å². The molecule has 0 bridgehead atoms. The highest BCUT2D eigenvalue weighted by atomic mass is 35.5. The van der Waals surface area contributed by atoms with Gasteiger partial charge in [0.15, 0.2) is 11.2 Å². The van der Waals surface area contributed by atoms with Crippen molar-refractivity contribution < 1.29 is 14.0 Å². The lowest BCUT2D eigenvalue weighted by Crippen LogP contribution is -2.36. The zero-order valence-electron chi connectivity index (χ0n) is 26.6. The van der Waals surface area contributed by atoms with E-state index in [9.17, 15) is 14.4 Å². The number of aryl methyl sites for hydroxylation is 2. The molecular weight excluding hydrogens is 596 g/mol. The van der Waals surface area contributed by atoms with Gasteiger partial charge in [-0.25, -0.2) is 0 Å². The molecule has 1 saturated carbocycles. The van der Waals surface area contributed by atoms with E-state index in [1.807, 2.05) is 55.1 Å². The van der Waals surface area contributed by atoms with Crippen LogP contribution < -0.4 is 10.7 Å². The quantitative estimate of drug-likeness (QED) is 0.198. The standard InChI is InChI=1S/C39H41ClN2O4/c1-25-19-34-35(43)23-37(46-36(34)20-26(25)2)39(45)41-32(22-28-12-16-31(40)17-13-28)21-27-10-14-29(15-11-27)33-8-4-3-7-30(33)24-42-18-6-5-9-38(42)44/h3-4,7-8,12-13,16-17,19-21,23,29,32H,5-6,9-11,14-15,18,22,24H2,1-2H3,(H,41,45)/t29?,32-/m1/s1. The van der Waals surface area contributed by atoms with Gasteiger partial charge in [0.2, 0.25) is 5.91 Å². The Hall–Kier alpha value is -4.16. The minimum Gasteiger partial charge on any atom is -0.451 e. The van der Waals surface area contributed by atoms with E-state index in [0.29, 0.717) is 41.3 Å². The molecule has 1 aromatic heterocycles. The molecule has 1 aliphatic heterocycles. The van der Waals surface area contributed by atoms with Crippen molar-refractivity contribution in [3.05, 3.63) is 127 Å². The minimum atomic E-state index is -0.414. The second-order valence-electron chi connectivity index (χ2n) is 12.9. The van der Waals surface area contributed by atoms with Crippen molar-refractivity contribution >= 4 is 34.4 Å². The van der Waals surface area contributed by atoms with Crippen molar-refractivity contribution in [3.63, 3.8) is 0 Å². The number of piperidine rings is 1. The fourth-order valence-corrected chi connectivity index (χ4v) is 6.98. The third-order valence-electron chi connectivity index (χ3n) is 9.59. The zero-order chi connectivity index (χ0) is 32.2. The molecule has 6 rings (SSSR count). The van der Waals surface area contributed by atoms with E-state index in [1.54, 1.807) is 0 Å². The van der Waals surface area contributed by atoms with Crippen LogP contribution in [0.4, 0.5) is 0 Å². The van der Waals surface area contributed by atoms with Crippen LogP contribution in [0.5, 0.6) is 0 Å². The summed E-state index contributed by atoms with van der Waals surface area (Å²) in [6.45, 7) is 5.44. The number of nitrogens with zero attached hydrogens (tertiary/aromatic N) is 1. The maximum absolute atomic E-state index is 13.5. The number of likely N-dealkylation sites (tertiary alicyclic amines) is 1. The topological polar surface area (TPSA) is 79.6 Å². The first-order valence-electron chi connectivity index (χ1n) is 16.4. The van der Waals surface area contributed by atoms with Crippen LogP contribution in [-0.4, -0.2) is 29.3 Å². The van der Waals surface area contributed by atoms with Crippen molar-refractivity contribution in [2.24, 2.45) is 0 Å². The van der Waals surface area contributed by atoms with E-state index >= 15 is 0 Å². The monoisotopic (exact) mass is 636 g/mol. The predicted molar refractivity (Wildman–Crippen MR) is 183 cm³/mol. The number of carbonyl (C=O) groups is 2. The zero-order valence-corrected chi connectivity index (χ0v) is 27.4. The molecule has 1 N–H and O–H groups in total. The summed E-state index contributed by atoms with van der Waals surface area (Å²) < 4.78 is 5.96. The number of fused-ring (bicyclic) bond motifs is 1. The number of hydrogen-bond donors (Lipinski definition) is 1. The normalized spacial score (nSPS) is 17.6. The van der Waals surface area contributed by atoms with E-state index in [2.05, 4.69) is 35.7 Å². The van der Waals surface area contributed by atoms with Gasteiger partial charge in [-0.2, -0.15) is 0 Å². The molecule has 7 heteroatoms. The molecule has 2 fully saturated rings. The van der Waals surface area contributed by atoms with Crippen LogP contribution in [0.2, 0.25) is 5.02 Å².